The van der Waals surface area contributed by atoms with Crippen LogP contribution in [0.3, 0.4) is 0 Å². The van der Waals surface area contributed by atoms with Gasteiger partial charge in [-0.2, -0.15) is 0 Å². The van der Waals surface area contributed by atoms with Crippen LogP contribution < -0.4 is 4.74 Å². The average Bonchev–Trinajstić information content (AvgIpc) is 2.61. The molecule has 2 aromatic carbocycles. The van der Waals surface area contributed by atoms with Crippen LogP contribution in [0.15, 0.2) is 51.8 Å². The molecule has 1 amide bonds. The largest absolute Gasteiger partial charge is 0.497 e. The average molecular weight is 441 g/mol. The van der Waals surface area contributed by atoms with Gasteiger partial charge in [0.2, 0.25) is 10.0 Å². The van der Waals surface area contributed by atoms with Crippen molar-refractivity contribution in [2.75, 3.05) is 28.3 Å². The minimum absolute atomic E-state index is 0.0585. The first-order valence-corrected chi connectivity index (χ1v) is 10.0. The van der Waals surface area contributed by atoms with Crippen LogP contribution >= 0.6 is 15.9 Å². The molecule has 0 unspecified atom stereocenters. The van der Waals surface area contributed by atoms with Crippen molar-refractivity contribution in [2.45, 2.75) is 11.4 Å². The van der Waals surface area contributed by atoms with Crippen molar-refractivity contribution in [1.82, 2.24) is 9.21 Å². The van der Waals surface area contributed by atoms with E-state index in [0.717, 1.165) is 9.87 Å². The number of ether oxygens (including phenoxy) is 1. The molecule has 0 N–H and O–H groups in total. The van der Waals surface area contributed by atoms with Crippen LogP contribution in [0.5, 0.6) is 5.75 Å². The standard InChI is InChI=1S/C18H21BrN2O4S/c1-20(2)26(23,24)17-11-14(8-9-16(17)19)18(22)21(3)12-13-6-5-7-15(10-13)25-4/h5-11H,12H2,1-4H3. The Morgan fingerprint density at radius 1 is 1.12 bits per heavy atom. The molecule has 0 saturated carbocycles. The van der Waals surface area contributed by atoms with Gasteiger partial charge in [-0.25, -0.2) is 12.7 Å². The maximum atomic E-state index is 12.7. The van der Waals surface area contributed by atoms with Crippen LogP contribution in [-0.2, 0) is 16.6 Å². The van der Waals surface area contributed by atoms with Crippen molar-refractivity contribution >= 4 is 31.9 Å². The Bertz CT molecular complexity index is 913. The number of amides is 1. The molecule has 0 aliphatic rings. The van der Waals surface area contributed by atoms with Crippen molar-refractivity contribution in [3.8, 4) is 5.75 Å². The maximum Gasteiger partial charge on any atom is 0.253 e. The van der Waals surface area contributed by atoms with Crippen LogP contribution in [-0.4, -0.2) is 51.8 Å². The van der Waals surface area contributed by atoms with Gasteiger partial charge < -0.3 is 9.64 Å². The molecule has 0 bridgehead atoms. The van der Waals surface area contributed by atoms with Gasteiger partial charge in [0.05, 0.1) is 12.0 Å². The highest BCUT2D eigenvalue weighted by Gasteiger charge is 2.23. The number of halogens is 1. The quantitative estimate of drug-likeness (QED) is 0.692. The lowest BCUT2D eigenvalue weighted by Crippen LogP contribution is -2.27. The number of sulfonamides is 1. The molecule has 0 aliphatic carbocycles. The zero-order valence-electron chi connectivity index (χ0n) is 15.1. The number of methoxy groups -OCH3 is 1. The third kappa shape index (κ3) is 4.44. The summed E-state index contributed by atoms with van der Waals surface area (Å²) in [5, 5.41) is 0. The maximum absolute atomic E-state index is 12.7. The van der Waals surface area contributed by atoms with Gasteiger partial charge >= 0.3 is 0 Å². The van der Waals surface area contributed by atoms with Gasteiger partial charge in [0, 0.05) is 37.7 Å². The Balaban J connectivity index is 2.29. The lowest BCUT2D eigenvalue weighted by atomic mass is 10.1. The van der Waals surface area contributed by atoms with Gasteiger partial charge in [-0.1, -0.05) is 12.1 Å². The monoisotopic (exact) mass is 440 g/mol. The summed E-state index contributed by atoms with van der Waals surface area (Å²) in [6.07, 6.45) is 0. The Morgan fingerprint density at radius 2 is 1.81 bits per heavy atom. The summed E-state index contributed by atoms with van der Waals surface area (Å²) >= 11 is 3.25. The minimum Gasteiger partial charge on any atom is -0.497 e. The Hall–Kier alpha value is -1.90. The van der Waals surface area contributed by atoms with E-state index in [4.69, 9.17) is 4.74 Å². The van der Waals surface area contributed by atoms with E-state index < -0.39 is 10.0 Å². The molecule has 0 spiro atoms. The summed E-state index contributed by atoms with van der Waals surface area (Å²) < 4.78 is 31.5. The number of carbonyl (C=O) groups excluding carboxylic acids is 1. The molecule has 0 aliphatic heterocycles. The molecular weight excluding hydrogens is 420 g/mol. The fraction of sp³-hybridized carbons (Fsp3) is 0.278. The van der Waals surface area contributed by atoms with Gasteiger partial charge in [-0.15, -0.1) is 0 Å². The van der Waals surface area contributed by atoms with Crippen molar-refractivity contribution in [2.24, 2.45) is 0 Å². The minimum atomic E-state index is -3.66. The van der Waals surface area contributed by atoms with E-state index >= 15 is 0 Å². The van der Waals surface area contributed by atoms with Gasteiger partial charge in [-0.05, 0) is 51.8 Å². The van der Waals surface area contributed by atoms with E-state index in [1.54, 1.807) is 26.3 Å². The van der Waals surface area contributed by atoms with Crippen molar-refractivity contribution in [3.63, 3.8) is 0 Å². The number of nitrogens with zero attached hydrogens (tertiary/aromatic N) is 2. The number of carbonyl (C=O) groups is 1. The number of benzene rings is 2. The van der Waals surface area contributed by atoms with Crippen molar-refractivity contribution in [1.29, 1.82) is 0 Å². The van der Waals surface area contributed by atoms with Crippen LogP contribution in [0.1, 0.15) is 15.9 Å². The molecule has 8 heteroatoms. The lowest BCUT2D eigenvalue weighted by Gasteiger charge is -2.19. The summed E-state index contributed by atoms with van der Waals surface area (Å²) in [6, 6.07) is 12.0. The molecule has 0 saturated heterocycles. The highest BCUT2D eigenvalue weighted by atomic mass is 79.9. The van der Waals surface area contributed by atoms with Crippen LogP contribution in [0, 0.1) is 0 Å². The summed E-state index contributed by atoms with van der Waals surface area (Å²) in [5.74, 6) is 0.446. The SMILES string of the molecule is COc1cccc(CN(C)C(=O)c2ccc(Br)c(S(=O)(=O)N(C)C)c2)c1. The summed E-state index contributed by atoms with van der Waals surface area (Å²) in [7, 11) is 2.50. The molecule has 0 radical (unpaired) electrons. The number of hydrogen-bond acceptors (Lipinski definition) is 4. The second-order valence-corrected chi connectivity index (χ2v) is 8.92. The normalized spacial score (nSPS) is 11.5. The van der Waals surface area contributed by atoms with E-state index in [9.17, 15) is 13.2 Å². The zero-order valence-corrected chi connectivity index (χ0v) is 17.5. The predicted molar refractivity (Wildman–Crippen MR) is 104 cm³/mol. The van der Waals surface area contributed by atoms with Gasteiger partial charge in [0.25, 0.3) is 5.91 Å². The summed E-state index contributed by atoms with van der Waals surface area (Å²) in [4.78, 5) is 14.3. The topological polar surface area (TPSA) is 66.9 Å². The fourth-order valence-electron chi connectivity index (χ4n) is 2.37. The highest BCUT2D eigenvalue weighted by Crippen LogP contribution is 2.26. The van der Waals surface area contributed by atoms with Crippen molar-refractivity contribution in [3.05, 3.63) is 58.1 Å². The first-order valence-electron chi connectivity index (χ1n) is 7.77. The number of hydrogen-bond donors (Lipinski definition) is 0. The second kappa shape index (κ2) is 8.20. The Labute approximate surface area is 162 Å². The fourth-order valence-corrected chi connectivity index (χ4v) is 4.21. The van der Waals surface area contributed by atoms with Gasteiger partial charge in [0.1, 0.15) is 5.75 Å². The van der Waals surface area contributed by atoms with E-state index in [0.29, 0.717) is 22.3 Å². The van der Waals surface area contributed by atoms with E-state index in [-0.39, 0.29) is 10.8 Å². The number of rotatable bonds is 6. The third-order valence-electron chi connectivity index (χ3n) is 3.84. The Morgan fingerprint density at radius 3 is 2.42 bits per heavy atom. The molecular formula is C18H21BrN2O4S. The highest BCUT2D eigenvalue weighted by molar-refractivity contribution is 9.10. The molecule has 0 aromatic heterocycles. The van der Waals surface area contributed by atoms with Crippen LogP contribution in [0.25, 0.3) is 0 Å². The first kappa shape index (κ1) is 20.4. The third-order valence-corrected chi connectivity index (χ3v) is 6.65. The van der Waals surface area contributed by atoms with E-state index in [1.807, 2.05) is 24.3 Å². The zero-order chi connectivity index (χ0) is 19.5. The molecule has 26 heavy (non-hydrogen) atoms. The molecule has 6 nitrogen and oxygen atoms in total. The van der Waals surface area contributed by atoms with E-state index in [1.165, 1.54) is 25.1 Å². The summed E-state index contributed by atoms with van der Waals surface area (Å²) in [6.45, 7) is 0.377. The molecule has 140 valence electrons. The van der Waals surface area contributed by atoms with Crippen molar-refractivity contribution < 1.29 is 17.9 Å². The Kier molecular flexibility index (Phi) is 6.44. The smallest absolute Gasteiger partial charge is 0.253 e. The molecule has 2 aromatic rings. The predicted octanol–water partition coefficient (Wildman–Crippen LogP) is 2.98. The lowest BCUT2D eigenvalue weighted by molar-refractivity contribution is 0.0784. The molecule has 0 fully saturated rings. The molecule has 0 atom stereocenters. The van der Waals surface area contributed by atoms with E-state index in [2.05, 4.69) is 15.9 Å². The molecule has 0 heterocycles. The van der Waals surface area contributed by atoms with Gasteiger partial charge in [-0.3, -0.25) is 4.79 Å². The van der Waals surface area contributed by atoms with Crippen LogP contribution in [0.4, 0.5) is 0 Å². The second-order valence-electron chi connectivity index (χ2n) is 5.95. The first-order chi connectivity index (χ1) is 12.2. The summed E-state index contributed by atoms with van der Waals surface area (Å²) in [5.41, 5.74) is 1.22. The van der Waals surface area contributed by atoms with Gasteiger partial charge in [0.15, 0.2) is 0 Å². The van der Waals surface area contributed by atoms with Crippen LogP contribution in [0.2, 0.25) is 0 Å². The molecule has 2 rings (SSSR count).